The van der Waals surface area contributed by atoms with Crippen LogP contribution >= 0.6 is 0 Å². The quantitative estimate of drug-likeness (QED) is 0.768. The summed E-state index contributed by atoms with van der Waals surface area (Å²) in [5.41, 5.74) is 7.66. The summed E-state index contributed by atoms with van der Waals surface area (Å²) in [5, 5.41) is 4.46. The van der Waals surface area contributed by atoms with E-state index in [0.717, 1.165) is 30.8 Å². The van der Waals surface area contributed by atoms with Gasteiger partial charge in [0.05, 0.1) is 5.69 Å². The van der Waals surface area contributed by atoms with Gasteiger partial charge in [-0.05, 0) is 38.3 Å². The Morgan fingerprint density at radius 3 is 2.78 bits per heavy atom. The monoisotopic (exact) mass is 251 g/mol. The van der Waals surface area contributed by atoms with E-state index in [1.165, 1.54) is 0 Å². The first-order valence-electron chi connectivity index (χ1n) is 6.88. The van der Waals surface area contributed by atoms with Crippen LogP contribution in [0.2, 0.25) is 0 Å². The number of rotatable bonds is 8. The van der Waals surface area contributed by atoms with Crippen LogP contribution < -0.4 is 5.73 Å². The molecule has 1 aromatic rings. The van der Waals surface area contributed by atoms with E-state index < -0.39 is 0 Å². The van der Waals surface area contributed by atoms with Gasteiger partial charge in [-0.3, -0.25) is 9.48 Å². The second-order valence-corrected chi connectivity index (χ2v) is 4.89. The van der Waals surface area contributed by atoms with Gasteiger partial charge in [-0.1, -0.05) is 13.8 Å². The summed E-state index contributed by atoms with van der Waals surface area (Å²) < 4.78 is 1.93. The molecule has 0 saturated carbocycles. The fraction of sp³-hybridized carbons (Fsp3) is 0.714. The highest BCUT2D eigenvalue weighted by Gasteiger charge is 2.11. The van der Waals surface area contributed by atoms with E-state index in [0.29, 0.717) is 25.3 Å². The highest BCUT2D eigenvalue weighted by Crippen LogP contribution is 2.10. The van der Waals surface area contributed by atoms with E-state index in [4.69, 9.17) is 5.73 Å². The van der Waals surface area contributed by atoms with E-state index in [9.17, 15) is 4.79 Å². The summed E-state index contributed by atoms with van der Waals surface area (Å²) in [7, 11) is 0. The number of hydrogen-bond donors (Lipinski definition) is 1. The van der Waals surface area contributed by atoms with Crippen LogP contribution in [-0.2, 0) is 24.2 Å². The van der Waals surface area contributed by atoms with Crippen molar-refractivity contribution in [3.8, 4) is 0 Å². The van der Waals surface area contributed by atoms with Gasteiger partial charge in [-0.2, -0.15) is 5.10 Å². The first-order valence-corrected chi connectivity index (χ1v) is 6.88. The second-order valence-electron chi connectivity index (χ2n) is 4.89. The lowest BCUT2D eigenvalue weighted by molar-refractivity contribution is -0.118. The van der Waals surface area contributed by atoms with E-state index in [-0.39, 0.29) is 5.78 Å². The lowest BCUT2D eigenvalue weighted by Gasteiger charge is -2.07. The van der Waals surface area contributed by atoms with E-state index in [1.54, 1.807) is 0 Å². The van der Waals surface area contributed by atoms with Crippen LogP contribution in [0.25, 0.3) is 0 Å². The Hall–Kier alpha value is -1.16. The lowest BCUT2D eigenvalue weighted by atomic mass is 10.0. The lowest BCUT2D eigenvalue weighted by Crippen LogP contribution is -2.14. The molecule has 0 aliphatic heterocycles. The van der Waals surface area contributed by atoms with Crippen molar-refractivity contribution in [1.82, 2.24) is 9.78 Å². The molecule has 0 spiro atoms. The molecule has 0 radical (unpaired) electrons. The van der Waals surface area contributed by atoms with E-state index in [1.807, 2.05) is 10.7 Å². The fourth-order valence-corrected chi connectivity index (χ4v) is 1.92. The summed E-state index contributed by atoms with van der Waals surface area (Å²) in [6.07, 6.45) is 2.92. The van der Waals surface area contributed by atoms with Crippen LogP contribution in [0, 0.1) is 5.92 Å². The molecule has 0 aliphatic rings. The highest BCUT2D eigenvalue weighted by atomic mass is 16.1. The number of carbonyl (C=O) groups excluding carboxylic acids is 1. The molecule has 0 amide bonds. The molecule has 1 aromatic heterocycles. The first-order chi connectivity index (χ1) is 8.60. The maximum absolute atomic E-state index is 11.9. The van der Waals surface area contributed by atoms with Crippen molar-refractivity contribution in [3.05, 3.63) is 17.5 Å². The highest BCUT2D eigenvalue weighted by molar-refractivity contribution is 5.80. The zero-order valence-electron chi connectivity index (χ0n) is 11.8. The molecule has 0 aromatic carbocycles. The van der Waals surface area contributed by atoms with Gasteiger partial charge in [0.1, 0.15) is 5.78 Å². The SMILES string of the molecule is CCc1cc(CC(=O)CCC(C)CN)n(CC)n1. The molecule has 1 rings (SSSR count). The fourth-order valence-electron chi connectivity index (χ4n) is 1.92. The molecule has 4 nitrogen and oxygen atoms in total. The molecule has 0 bridgehead atoms. The van der Waals surface area contributed by atoms with Crippen molar-refractivity contribution in [2.45, 2.75) is 53.0 Å². The van der Waals surface area contributed by atoms with Crippen LogP contribution in [0.4, 0.5) is 0 Å². The maximum atomic E-state index is 11.9. The van der Waals surface area contributed by atoms with Crippen molar-refractivity contribution in [2.24, 2.45) is 11.7 Å². The van der Waals surface area contributed by atoms with Gasteiger partial charge < -0.3 is 5.73 Å². The Balaban J connectivity index is 2.55. The number of hydrogen-bond acceptors (Lipinski definition) is 3. The van der Waals surface area contributed by atoms with Crippen LogP contribution in [-0.4, -0.2) is 22.1 Å². The zero-order valence-corrected chi connectivity index (χ0v) is 11.8. The van der Waals surface area contributed by atoms with Crippen LogP contribution in [0.1, 0.15) is 45.0 Å². The third-order valence-electron chi connectivity index (χ3n) is 3.27. The van der Waals surface area contributed by atoms with Crippen LogP contribution in [0.5, 0.6) is 0 Å². The van der Waals surface area contributed by atoms with Crippen molar-refractivity contribution in [2.75, 3.05) is 6.54 Å². The molecule has 18 heavy (non-hydrogen) atoms. The Morgan fingerprint density at radius 1 is 1.50 bits per heavy atom. The van der Waals surface area contributed by atoms with Gasteiger partial charge in [0, 0.05) is 25.1 Å². The van der Waals surface area contributed by atoms with E-state index in [2.05, 4.69) is 25.9 Å². The summed E-state index contributed by atoms with van der Waals surface area (Å²) >= 11 is 0. The normalized spacial score (nSPS) is 12.7. The average molecular weight is 251 g/mol. The smallest absolute Gasteiger partial charge is 0.138 e. The number of nitrogens with zero attached hydrogens (tertiary/aromatic N) is 2. The van der Waals surface area contributed by atoms with Crippen molar-refractivity contribution in [3.63, 3.8) is 0 Å². The molecular formula is C14H25N3O. The van der Waals surface area contributed by atoms with Crippen molar-refractivity contribution < 1.29 is 4.79 Å². The Bertz CT molecular complexity index is 384. The molecule has 4 heteroatoms. The third kappa shape index (κ3) is 4.26. The van der Waals surface area contributed by atoms with Gasteiger partial charge in [0.15, 0.2) is 0 Å². The van der Waals surface area contributed by atoms with Gasteiger partial charge >= 0.3 is 0 Å². The zero-order chi connectivity index (χ0) is 13.5. The van der Waals surface area contributed by atoms with Gasteiger partial charge in [-0.15, -0.1) is 0 Å². The summed E-state index contributed by atoms with van der Waals surface area (Å²) in [5.74, 6) is 0.712. The number of aromatic nitrogens is 2. The molecule has 102 valence electrons. The number of nitrogens with two attached hydrogens (primary N) is 1. The first kappa shape index (κ1) is 14.9. The minimum atomic E-state index is 0.285. The standard InChI is InChI=1S/C14H25N3O/c1-4-12-8-13(17(5-2)16-12)9-14(18)7-6-11(3)10-15/h8,11H,4-7,9-10,15H2,1-3H3. The number of carbonyl (C=O) groups is 1. The van der Waals surface area contributed by atoms with Gasteiger partial charge in [0.2, 0.25) is 0 Å². The summed E-state index contributed by atoms with van der Waals surface area (Å²) in [6, 6.07) is 2.05. The number of aryl methyl sites for hydroxylation is 2. The van der Waals surface area contributed by atoms with Crippen LogP contribution in [0.15, 0.2) is 6.07 Å². The average Bonchev–Trinajstić information content (AvgIpc) is 2.78. The number of ketones is 1. The minimum absolute atomic E-state index is 0.285. The van der Waals surface area contributed by atoms with Crippen LogP contribution in [0.3, 0.4) is 0 Å². The number of Topliss-reactive ketones (excluding diaryl/α,β-unsaturated/α-hetero) is 1. The molecule has 1 atom stereocenters. The van der Waals surface area contributed by atoms with E-state index >= 15 is 0 Å². The van der Waals surface area contributed by atoms with Crippen molar-refractivity contribution in [1.29, 1.82) is 0 Å². The third-order valence-corrected chi connectivity index (χ3v) is 3.27. The molecule has 1 heterocycles. The topological polar surface area (TPSA) is 60.9 Å². The summed E-state index contributed by atoms with van der Waals surface area (Å²) in [4.78, 5) is 11.9. The molecule has 0 aliphatic carbocycles. The summed E-state index contributed by atoms with van der Waals surface area (Å²) in [6.45, 7) is 7.69. The molecule has 0 saturated heterocycles. The van der Waals surface area contributed by atoms with Crippen molar-refractivity contribution >= 4 is 5.78 Å². The maximum Gasteiger partial charge on any atom is 0.138 e. The molecular weight excluding hydrogens is 226 g/mol. The Morgan fingerprint density at radius 2 is 2.22 bits per heavy atom. The van der Waals surface area contributed by atoms with Gasteiger partial charge in [-0.25, -0.2) is 0 Å². The second kappa shape index (κ2) is 7.31. The van der Waals surface area contributed by atoms with Gasteiger partial charge in [0.25, 0.3) is 0 Å². The predicted octanol–water partition coefficient (Wildman–Crippen LogP) is 1.95. The predicted molar refractivity (Wildman–Crippen MR) is 73.4 cm³/mol. The molecule has 0 fully saturated rings. The Labute approximate surface area is 110 Å². The molecule has 1 unspecified atom stereocenters. The minimum Gasteiger partial charge on any atom is -0.330 e. The largest absolute Gasteiger partial charge is 0.330 e. The Kier molecular flexibility index (Phi) is 6.05. The molecule has 2 N–H and O–H groups in total.